The van der Waals surface area contributed by atoms with Gasteiger partial charge in [0.05, 0.1) is 0 Å². The quantitative estimate of drug-likeness (QED) is 0.409. The Hall–Kier alpha value is -0.936. The van der Waals surface area contributed by atoms with Crippen molar-refractivity contribution in [1.29, 1.82) is 0 Å². The van der Waals surface area contributed by atoms with E-state index in [9.17, 15) is 14.4 Å². The summed E-state index contributed by atoms with van der Waals surface area (Å²) in [4.78, 5) is 48.4. The maximum atomic E-state index is 13.0. The molecule has 1 rings (SSSR count). The molecule has 6 heteroatoms. The van der Waals surface area contributed by atoms with Crippen LogP contribution in [0.5, 0.6) is 0 Å². The first-order valence-electron chi connectivity index (χ1n) is 9.68. The topological polar surface area (TPSA) is 71.5 Å². The van der Waals surface area contributed by atoms with E-state index in [-0.39, 0.29) is 56.6 Å². The molecule has 0 fully saturated rings. The maximum absolute atomic E-state index is 13.0. The third-order valence-corrected chi connectivity index (χ3v) is 5.01. The van der Waals surface area contributed by atoms with Gasteiger partial charge >= 0.3 is 0 Å². The van der Waals surface area contributed by atoms with E-state index in [0.29, 0.717) is 41.2 Å². The maximum Gasteiger partial charge on any atom is 0.220 e. The number of carbonyl (C=O) groups excluding carboxylic acids is 4. The first kappa shape index (κ1) is 30.3. The Kier molecular flexibility index (Phi) is 14.0. The minimum absolute atomic E-state index is 0. The zero-order chi connectivity index (χ0) is 22.2. The minimum Gasteiger partial charge on any atom is -0.542 e. The van der Waals surface area contributed by atoms with E-state index >= 15 is 0 Å². The fourth-order valence-corrected chi connectivity index (χ4v) is 3.28. The Balaban J connectivity index is 0. The third-order valence-electron chi connectivity index (χ3n) is 5.01. The molecule has 5 nitrogen and oxygen atoms in total. The number of hydrogen-bond donors (Lipinski definition) is 0. The molecule has 0 bridgehead atoms. The molecule has 0 atom stereocenters. The van der Waals surface area contributed by atoms with Crippen LogP contribution in [0.1, 0.15) is 67.7 Å². The number of nitrogens with zero attached hydrogens (tertiary/aromatic N) is 1. The SMILES string of the molecule is C[C-]=O.[CH2-]CN(C)C(=O)CC(C)(C)C1=C(C)C(=O)C(CCC(C)C)=C(C)C1=O.[Y]. The van der Waals surface area contributed by atoms with Crippen molar-refractivity contribution >= 4 is 23.8 Å². The van der Waals surface area contributed by atoms with Crippen LogP contribution in [-0.2, 0) is 51.9 Å². The summed E-state index contributed by atoms with van der Waals surface area (Å²) in [6, 6.07) is 0. The Bertz CT molecular complexity index is 687. The summed E-state index contributed by atoms with van der Waals surface area (Å²) < 4.78 is 0. The summed E-state index contributed by atoms with van der Waals surface area (Å²) >= 11 is 0. The van der Waals surface area contributed by atoms with Crippen LogP contribution in [0.4, 0.5) is 0 Å². The second-order valence-corrected chi connectivity index (χ2v) is 8.27. The van der Waals surface area contributed by atoms with E-state index in [4.69, 9.17) is 4.79 Å². The van der Waals surface area contributed by atoms with E-state index in [1.54, 1.807) is 20.9 Å². The third kappa shape index (κ3) is 8.37. The van der Waals surface area contributed by atoms with Crippen molar-refractivity contribution in [3.05, 3.63) is 29.2 Å². The molecule has 0 unspecified atom stereocenters. The predicted molar refractivity (Wildman–Crippen MR) is 112 cm³/mol. The molecular weight excluding hydrogens is 443 g/mol. The van der Waals surface area contributed by atoms with Gasteiger partial charge in [0.25, 0.3) is 0 Å². The zero-order valence-corrected chi connectivity index (χ0v) is 22.1. The Morgan fingerprint density at radius 1 is 1.14 bits per heavy atom. The van der Waals surface area contributed by atoms with Gasteiger partial charge in [0.2, 0.25) is 5.91 Å². The van der Waals surface area contributed by atoms with E-state index in [2.05, 4.69) is 20.8 Å². The molecule has 0 spiro atoms. The van der Waals surface area contributed by atoms with Gasteiger partial charge in [-0.15, -0.1) is 6.54 Å². The molecule has 0 aromatic heterocycles. The van der Waals surface area contributed by atoms with Gasteiger partial charge in [0, 0.05) is 73.9 Å². The molecule has 1 aliphatic carbocycles. The van der Waals surface area contributed by atoms with Gasteiger partial charge in [-0.25, -0.2) is 0 Å². The average molecular weight is 478 g/mol. The summed E-state index contributed by atoms with van der Waals surface area (Å²) in [5, 5.41) is 0. The van der Waals surface area contributed by atoms with E-state index < -0.39 is 5.41 Å². The van der Waals surface area contributed by atoms with Gasteiger partial charge in [-0.3, -0.25) is 20.7 Å². The summed E-state index contributed by atoms with van der Waals surface area (Å²) in [5.74, 6) is 0.263. The molecule has 0 aromatic rings. The first-order chi connectivity index (χ1) is 12.8. The molecule has 0 aliphatic heterocycles. The van der Waals surface area contributed by atoms with Gasteiger partial charge < -0.3 is 16.6 Å². The van der Waals surface area contributed by atoms with Crippen molar-refractivity contribution in [3.8, 4) is 0 Å². The van der Waals surface area contributed by atoms with E-state index in [1.807, 2.05) is 13.8 Å². The summed E-state index contributed by atoms with van der Waals surface area (Å²) in [6.07, 6.45) is 3.19. The Morgan fingerprint density at radius 2 is 1.62 bits per heavy atom. The number of carbonyl (C=O) groups is 3. The summed E-state index contributed by atoms with van der Waals surface area (Å²) in [6.45, 7) is 16.8. The molecule has 0 saturated heterocycles. The van der Waals surface area contributed by atoms with Crippen LogP contribution in [0.2, 0.25) is 0 Å². The summed E-state index contributed by atoms with van der Waals surface area (Å²) in [7, 11) is 1.69. The van der Waals surface area contributed by atoms with Crippen LogP contribution in [0.3, 0.4) is 0 Å². The number of Topliss-reactive ketones (excluding diaryl/α,β-unsaturated/α-hetero) is 2. The molecular formula is C23H35NO4Y-2. The molecule has 1 amide bonds. The number of hydrogen-bond acceptors (Lipinski definition) is 4. The van der Waals surface area contributed by atoms with Gasteiger partial charge in [-0.1, -0.05) is 27.7 Å². The molecule has 0 N–H and O–H groups in total. The fraction of sp³-hybridized carbons (Fsp3) is 0.609. The standard InChI is InChI=1S/C21H32NO3.C2H3O.Y/c1-9-22(8)17(23)12-21(6,7)18-15(5)19(24)16(11-10-13(2)3)14(4)20(18)25;1-2-3;/h13H,1,9-12H2,2-8H3;1H3;/q2*-1;. The summed E-state index contributed by atoms with van der Waals surface area (Å²) in [5.41, 5.74) is 1.45. The Morgan fingerprint density at radius 3 is 2.03 bits per heavy atom. The molecule has 29 heavy (non-hydrogen) atoms. The largest absolute Gasteiger partial charge is 0.542 e. The molecule has 0 aromatic carbocycles. The van der Waals surface area contributed by atoms with Gasteiger partial charge in [-0.05, 0) is 32.6 Å². The minimum atomic E-state index is -0.692. The van der Waals surface area contributed by atoms with Crippen molar-refractivity contribution < 1.29 is 51.9 Å². The molecule has 0 heterocycles. The van der Waals surface area contributed by atoms with Crippen molar-refractivity contribution in [3.63, 3.8) is 0 Å². The molecule has 1 aliphatic rings. The fourth-order valence-electron chi connectivity index (χ4n) is 3.28. The number of ketones is 2. The van der Waals surface area contributed by atoms with Crippen molar-refractivity contribution in [2.24, 2.45) is 11.3 Å². The van der Waals surface area contributed by atoms with Crippen LogP contribution < -0.4 is 0 Å². The number of rotatable bonds is 7. The van der Waals surface area contributed by atoms with Crippen LogP contribution in [0.25, 0.3) is 0 Å². The van der Waals surface area contributed by atoms with Crippen LogP contribution in [-0.4, -0.2) is 42.3 Å². The van der Waals surface area contributed by atoms with Gasteiger partial charge in [-0.2, -0.15) is 6.92 Å². The molecule has 161 valence electrons. The number of allylic oxidation sites excluding steroid dienone is 4. The van der Waals surface area contributed by atoms with Gasteiger partial charge in [0.15, 0.2) is 11.6 Å². The van der Waals surface area contributed by atoms with Crippen molar-refractivity contribution in [2.75, 3.05) is 13.6 Å². The van der Waals surface area contributed by atoms with Crippen molar-refractivity contribution in [2.45, 2.75) is 67.7 Å². The van der Waals surface area contributed by atoms with Crippen LogP contribution in [0, 0.1) is 18.3 Å². The number of amides is 1. The van der Waals surface area contributed by atoms with Crippen molar-refractivity contribution in [1.82, 2.24) is 4.90 Å². The molecule has 0 saturated carbocycles. The first-order valence-corrected chi connectivity index (χ1v) is 9.68. The van der Waals surface area contributed by atoms with E-state index in [0.717, 1.165) is 6.42 Å². The molecule has 1 radical (unpaired) electrons. The van der Waals surface area contributed by atoms with Crippen LogP contribution >= 0.6 is 0 Å². The predicted octanol–water partition coefficient (Wildman–Crippen LogP) is 4.03. The normalized spacial score (nSPS) is 14.4. The van der Waals surface area contributed by atoms with E-state index in [1.165, 1.54) is 18.1 Å². The second kappa shape index (κ2) is 13.4. The second-order valence-electron chi connectivity index (χ2n) is 8.27. The monoisotopic (exact) mass is 478 g/mol. The van der Waals surface area contributed by atoms with Crippen LogP contribution in [0.15, 0.2) is 22.3 Å². The average Bonchev–Trinajstić information content (AvgIpc) is 2.59. The Labute approximate surface area is 201 Å². The van der Waals surface area contributed by atoms with Gasteiger partial charge in [0.1, 0.15) is 0 Å². The zero-order valence-electron chi connectivity index (χ0n) is 19.3. The smallest absolute Gasteiger partial charge is 0.220 e.